The minimum absolute atomic E-state index is 0.195. The minimum atomic E-state index is -3.71. The molecular weight excluding hydrogens is 316 g/mol. The Morgan fingerprint density at radius 1 is 1.26 bits per heavy atom. The first-order chi connectivity index (χ1) is 11.0. The van der Waals surface area contributed by atoms with E-state index >= 15 is 0 Å². The largest absolute Gasteiger partial charge is 0.480 e. The van der Waals surface area contributed by atoms with E-state index in [0.29, 0.717) is 11.1 Å². The Kier molecular flexibility index (Phi) is 4.32. The van der Waals surface area contributed by atoms with E-state index in [-0.39, 0.29) is 11.8 Å². The number of rotatable bonds is 6. The van der Waals surface area contributed by atoms with E-state index in [1.807, 2.05) is 12.1 Å². The Balaban J connectivity index is 1.93. The van der Waals surface area contributed by atoms with Crippen molar-refractivity contribution in [2.24, 2.45) is 0 Å². The van der Waals surface area contributed by atoms with Gasteiger partial charge in [0, 0.05) is 17.6 Å². The minimum Gasteiger partial charge on any atom is -0.480 e. The van der Waals surface area contributed by atoms with Crippen molar-refractivity contribution in [1.29, 1.82) is 0 Å². The van der Waals surface area contributed by atoms with Crippen LogP contribution >= 0.6 is 0 Å². The molecule has 1 aliphatic rings. The molecule has 0 atom stereocenters. The summed E-state index contributed by atoms with van der Waals surface area (Å²) in [6.45, 7) is -0.481. The lowest BCUT2D eigenvalue weighted by atomic mass is 9.93. The number of carboxylic acid groups (broad SMARTS) is 1. The van der Waals surface area contributed by atoms with Gasteiger partial charge in [-0.05, 0) is 24.5 Å². The molecule has 2 aromatic rings. The van der Waals surface area contributed by atoms with Crippen molar-refractivity contribution < 1.29 is 18.3 Å². The molecule has 0 radical (unpaired) electrons. The fourth-order valence-corrected chi connectivity index (χ4v) is 4.59. The molecule has 122 valence electrons. The molecule has 0 saturated heterocycles. The summed E-state index contributed by atoms with van der Waals surface area (Å²) in [5, 5.41) is 9.90. The highest BCUT2D eigenvalue weighted by Gasteiger charge is 2.35. The molecule has 3 rings (SSSR count). The second-order valence-corrected chi connectivity index (χ2v) is 7.69. The number of hydrogen-bond acceptors (Lipinski definition) is 4. The number of para-hydroxylation sites is 1. The molecule has 0 aliphatic heterocycles. The predicted molar refractivity (Wildman–Crippen MR) is 86.3 cm³/mol. The van der Waals surface area contributed by atoms with Crippen LogP contribution in [0.5, 0.6) is 0 Å². The number of aliphatic carboxylic acids is 1. The molecule has 7 heteroatoms. The van der Waals surface area contributed by atoms with Crippen molar-refractivity contribution in [2.45, 2.75) is 31.1 Å². The summed E-state index contributed by atoms with van der Waals surface area (Å²) in [4.78, 5) is 15.3. The van der Waals surface area contributed by atoms with Crippen LogP contribution in [0.2, 0.25) is 0 Å². The summed E-state index contributed by atoms with van der Waals surface area (Å²) < 4.78 is 26.6. The van der Waals surface area contributed by atoms with E-state index in [0.717, 1.165) is 29.0 Å². The lowest BCUT2D eigenvalue weighted by Gasteiger charge is -2.35. The Hall–Kier alpha value is -1.99. The average Bonchev–Trinajstić information content (AvgIpc) is 2.44. The number of carboxylic acids is 1. The van der Waals surface area contributed by atoms with Crippen molar-refractivity contribution in [3.8, 4) is 0 Å². The number of carbonyl (C=O) groups is 1. The van der Waals surface area contributed by atoms with Crippen molar-refractivity contribution in [3.05, 3.63) is 42.1 Å². The zero-order chi connectivity index (χ0) is 16.4. The summed E-state index contributed by atoms with van der Waals surface area (Å²) in [5.41, 5.74) is 1.24. The van der Waals surface area contributed by atoms with Crippen molar-refractivity contribution in [3.63, 3.8) is 0 Å². The maximum atomic E-state index is 12.7. The van der Waals surface area contributed by atoms with E-state index in [1.54, 1.807) is 24.4 Å². The smallest absolute Gasteiger partial charge is 0.318 e. The van der Waals surface area contributed by atoms with E-state index in [9.17, 15) is 13.2 Å². The third kappa shape index (κ3) is 3.35. The fourth-order valence-electron chi connectivity index (χ4n) is 2.83. The van der Waals surface area contributed by atoms with Gasteiger partial charge in [-0.1, -0.05) is 30.7 Å². The standard InChI is InChI=1S/C16H18N2O4S/c19-15(20)10-18(14-7-2-8-14)23(21,22)11-13-5-1-4-12-6-3-9-17-16(12)13/h1,3-6,9,14H,2,7-8,10-11H2,(H,19,20). The van der Waals surface area contributed by atoms with Gasteiger partial charge in [-0.15, -0.1) is 0 Å². The summed E-state index contributed by atoms with van der Waals surface area (Å²) in [5.74, 6) is -1.36. The maximum absolute atomic E-state index is 12.7. The van der Waals surface area contributed by atoms with Gasteiger partial charge in [0.1, 0.15) is 6.54 Å². The lowest BCUT2D eigenvalue weighted by Crippen LogP contribution is -2.47. The van der Waals surface area contributed by atoms with Gasteiger partial charge in [-0.2, -0.15) is 4.31 Å². The normalized spacial score (nSPS) is 15.7. The molecule has 0 spiro atoms. The monoisotopic (exact) mass is 334 g/mol. The van der Waals surface area contributed by atoms with Gasteiger partial charge < -0.3 is 5.11 Å². The highest BCUT2D eigenvalue weighted by molar-refractivity contribution is 7.88. The molecule has 1 aromatic heterocycles. The molecule has 1 fully saturated rings. The number of fused-ring (bicyclic) bond motifs is 1. The molecule has 1 aromatic carbocycles. The lowest BCUT2D eigenvalue weighted by molar-refractivity contribution is -0.137. The van der Waals surface area contributed by atoms with Crippen LogP contribution in [-0.2, 0) is 20.6 Å². The number of nitrogens with zero attached hydrogens (tertiary/aromatic N) is 2. The van der Waals surface area contributed by atoms with Crippen LogP contribution in [0.1, 0.15) is 24.8 Å². The molecular formula is C16H18N2O4S. The van der Waals surface area contributed by atoms with Crippen LogP contribution in [-0.4, -0.2) is 41.4 Å². The first-order valence-corrected chi connectivity index (χ1v) is 9.12. The van der Waals surface area contributed by atoms with Crippen LogP contribution < -0.4 is 0 Å². The molecule has 0 amide bonds. The molecule has 0 unspecified atom stereocenters. The topological polar surface area (TPSA) is 87.6 Å². The third-order valence-electron chi connectivity index (χ3n) is 4.18. The van der Waals surface area contributed by atoms with E-state index in [2.05, 4.69) is 4.98 Å². The van der Waals surface area contributed by atoms with Gasteiger partial charge in [-0.25, -0.2) is 8.42 Å². The summed E-state index contributed by atoms with van der Waals surface area (Å²) in [7, 11) is -3.71. The number of sulfonamides is 1. The zero-order valence-electron chi connectivity index (χ0n) is 12.6. The zero-order valence-corrected chi connectivity index (χ0v) is 13.4. The van der Waals surface area contributed by atoms with Crippen LogP contribution in [0.25, 0.3) is 10.9 Å². The highest BCUT2D eigenvalue weighted by Crippen LogP contribution is 2.29. The van der Waals surface area contributed by atoms with Gasteiger partial charge in [-0.3, -0.25) is 9.78 Å². The molecule has 6 nitrogen and oxygen atoms in total. The molecule has 1 aliphatic carbocycles. The van der Waals surface area contributed by atoms with Crippen molar-refractivity contribution in [2.75, 3.05) is 6.54 Å². The van der Waals surface area contributed by atoms with Gasteiger partial charge in [0.05, 0.1) is 11.3 Å². The van der Waals surface area contributed by atoms with E-state index < -0.39 is 22.5 Å². The predicted octanol–water partition coefficient (Wildman–Crippen LogP) is 2.00. The first kappa shape index (κ1) is 15.9. The number of benzene rings is 1. The molecule has 1 N–H and O–H groups in total. The van der Waals surface area contributed by atoms with Crippen LogP contribution in [0.15, 0.2) is 36.5 Å². The van der Waals surface area contributed by atoms with Crippen molar-refractivity contribution >= 4 is 26.9 Å². The van der Waals surface area contributed by atoms with Crippen LogP contribution in [0, 0.1) is 0 Å². The fraction of sp³-hybridized carbons (Fsp3) is 0.375. The Labute approximate surface area is 134 Å². The van der Waals surface area contributed by atoms with E-state index in [4.69, 9.17) is 5.11 Å². The molecule has 1 saturated carbocycles. The van der Waals surface area contributed by atoms with Crippen molar-refractivity contribution in [1.82, 2.24) is 9.29 Å². The number of aromatic nitrogens is 1. The van der Waals surface area contributed by atoms with Crippen LogP contribution in [0.4, 0.5) is 0 Å². The van der Waals surface area contributed by atoms with Crippen LogP contribution in [0.3, 0.4) is 0 Å². The summed E-state index contributed by atoms with van der Waals surface area (Å²) in [6, 6.07) is 8.87. The number of pyridine rings is 1. The van der Waals surface area contributed by atoms with Gasteiger partial charge in [0.2, 0.25) is 10.0 Å². The molecule has 1 heterocycles. The Morgan fingerprint density at radius 3 is 2.65 bits per heavy atom. The SMILES string of the molecule is O=C(O)CN(C1CCC1)S(=O)(=O)Cc1cccc2cccnc12. The maximum Gasteiger partial charge on any atom is 0.318 e. The van der Waals surface area contributed by atoms with Gasteiger partial charge in [0.25, 0.3) is 0 Å². The summed E-state index contributed by atoms with van der Waals surface area (Å²) in [6.07, 6.45) is 4.01. The second-order valence-electron chi connectivity index (χ2n) is 5.77. The van der Waals surface area contributed by atoms with Gasteiger partial charge in [0.15, 0.2) is 0 Å². The second kappa shape index (κ2) is 6.25. The molecule has 0 bridgehead atoms. The highest BCUT2D eigenvalue weighted by atomic mass is 32.2. The van der Waals surface area contributed by atoms with E-state index in [1.165, 1.54) is 0 Å². The Bertz CT molecular complexity index is 826. The summed E-state index contributed by atoms with van der Waals surface area (Å²) >= 11 is 0. The number of hydrogen-bond donors (Lipinski definition) is 1. The Morgan fingerprint density at radius 2 is 2.00 bits per heavy atom. The van der Waals surface area contributed by atoms with Gasteiger partial charge >= 0.3 is 5.97 Å². The first-order valence-electron chi connectivity index (χ1n) is 7.51. The molecule has 23 heavy (non-hydrogen) atoms. The third-order valence-corrected chi connectivity index (χ3v) is 6.00. The quantitative estimate of drug-likeness (QED) is 0.873. The average molecular weight is 334 g/mol.